The Hall–Kier alpha value is -3.51. The Morgan fingerprint density at radius 3 is 2.47 bits per heavy atom. The molecule has 0 saturated carbocycles. The standard InChI is InChI=1S/C28H33N3O3/c1-33-26-11-6-10-25(20-26)31-17-15-30(16-18-31)21-22-7-5-9-24(19-22)28(32)29-14-13-23-8-3-4-12-27(23)34-2/h3-12,19-20H,13-18,21H2,1-2H3,(H,29,32). The summed E-state index contributed by atoms with van der Waals surface area (Å²) in [6.45, 7) is 5.30. The number of hydrogen-bond donors (Lipinski definition) is 1. The summed E-state index contributed by atoms with van der Waals surface area (Å²) in [5.74, 6) is 1.70. The lowest BCUT2D eigenvalue weighted by Gasteiger charge is -2.36. The molecule has 1 amide bonds. The number of carbonyl (C=O) groups is 1. The molecule has 178 valence electrons. The summed E-state index contributed by atoms with van der Waals surface area (Å²) in [4.78, 5) is 17.5. The first kappa shape index (κ1) is 23.6. The minimum Gasteiger partial charge on any atom is -0.497 e. The van der Waals surface area contributed by atoms with Crippen LogP contribution in [0.25, 0.3) is 0 Å². The normalized spacial score (nSPS) is 14.0. The summed E-state index contributed by atoms with van der Waals surface area (Å²) in [7, 11) is 3.37. The van der Waals surface area contributed by atoms with Crippen LogP contribution in [0.1, 0.15) is 21.5 Å². The van der Waals surface area contributed by atoms with Gasteiger partial charge < -0.3 is 19.7 Å². The number of amides is 1. The molecule has 0 radical (unpaired) electrons. The number of para-hydroxylation sites is 1. The van der Waals surface area contributed by atoms with Gasteiger partial charge in [-0.25, -0.2) is 0 Å². The van der Waals surface area contributed by atoms with Crippen LogP contribution in [-0.2, 0) is 13.0 Å². The molecule has 6 heteroatoms. The highest BCUT2D eigenvalue weighted by atomic mass is 16.5. The van der Waals surface area contributed by atoms with E-state index in [1.807, 2.05) is 54.6 Å². The number of benzene rings is 3. The van der Waals surface area contributed by atoms with Gasteiger partial charge in [-0.05, 0) is 47.9 Å². The second-order valence-electron chi connectivity index (χ2n) is 8.48. The van der Waals surface area contributed by atoms with Gasteiger partial charge in [-0.15, -0.1) is 0 Å². The molecule has 1 aliphatic rings. The van der Waals surface area contributed by atoms with E-state index in [2.05, 4.69) is 33.3 Å². The Labute approximate surface area is 202 Å². The van der Waals surface area contributed by atoms with Gasteiger partial charge in [0.2, 0.25) is 0 Å². The molecule has 0 aliphatic carbocycles. The van der Waals surface area contributed by atoms with E-state index in [1.165, 1.54) is 5.69 Å². The second-order valence-corrected chi connectivity index (χ2v) is 8.48. The number of ether oxygens (including phenoxy) is 2. The van der Waals surface area contributed by atoms with Gasteiger partial charge >= 0.3 is 0 Å². The summed E-state index contributed by atoms with van der Waals surface area (Å²) in [6.07, 6.45) is 0.729. The summed E-state index contributed by atoms with van der Waals surface area (Å²) in [5.41, 5.74) is 4.15. The summed E-state index contributed by atoms with van der Waals surface area (Å²) < 4.78 is 10.7. The van der Waals surface area contributed by atoms with Crippen molar-refractivity contribution in [3.05, 3.63) is 89.5 Å². The zero-order valence-electron chi connectivity index (χ0n) is 20.0. The van der Waals surface area contributed by atoms with Crippen molar-refractivity contribution in [2.45, 2.75) is 13.0 Å². The van der Waals surface area contributed by atoms with Crippen LogP contribution in [0.15, 0.2) is 72.8 Å². The number of piperazine rings is 1. The number of rotatable bonds is 9. The highest BCUT2D eigenvalue weighted by Crippen LogP contribution is 2.22. The van der Waals surface area contributed by atoms with Crippen molar-refractivity contribution in [3.8, 4) is 11.5 Å². The third-order valence-electron chi connectivity index (χ3n) is 6.26. The van der Waals surface area contributed by atoms with Crippen molar-refractivity contribution in [2.24, 2.45) is 0 Å². The lowest BCUT2D eigenvalue weighted by Crippen LogP contribution is -2.46. The number of hydrogen-bond acceptors (Lipinski definition) is 5. The molecule has 1 saturated heterocycles. The highest BCUT2D eigenvalue weighted by Gasteiger charge is 2.18. The van der Waals surface area contributed by atoms with Crippen molar-refractivity contribution in [1.29, 1.82) is 0 Å². The Morgan fingerprint density at radius 1 is 0.882 bits per heavy atom. The molecular formula is C28H33N3O3. The summed E-state index contributed by atoms with van der Waals surface area (Å²) in [6, 6.07) is 24.1. The highest BCUT2D eigenvalue weighted by molar-refractivity contribution is 5.94. The van der Waals surface area contributed by atoms with Gasteiger partial charge in [0.05, 0.1) is 14.2 Å². The van der Waals surface area contributed by atoms with E-state index < -0.39 is 0 Å². The third kappa shape index (κ3) is 6.08. The second kappa shape index (κ2) is 11.6. The van der Waals surface area contributed by atoms with Crippen LogP contribution in [0.4, 0.5) is 5.69 Å². The minimum absolute atomic E-state index is 0.0420. The van der Waals surface area contributed by atoms with E-state index >= 15 is 0 Å². The molecule has 1 N–H and O–H groups in total. The molecule has 0 spiro atoms. The van der Waals surface area contributed by atoms with Crippen LogP contribution in [0, 0.1) is 0 Å². The Morgan fingerprint density at radius 2 is 1.68 bits per heavy atom. The van der Waals surface area contributed by atoms with Crippen molar-refractivity contribution in [1.82, 2.24) is 10.2 Å². The van der Waals surface area contributed by atoms with Gasteiger partial charge in [0, 0.05) is 56.6 Å². The number of methoxy groups -OCH3 is 2. The van der Waals surface area contributed by atoms with E-state index in [1.54, 1.807) is 14.2 Å². The Bertz CT molecular complexity index is 1090. The third-order valence-corrected chi connectivity index (χ3v) is 6.26. The number of nitrogens with one attached hydrogen (secondary N) is 1. The van der Waals surface area contributed by atoms with E-state index in [0.717, 1.165) is 61.8 Å². The van der Waals surface area contributed by atoms with E-state index in [-0.39, 0.29) is 5.91 Å². The quantitative estimate of drug-likeness (QED) is 0.524. The van der Waals surface area contributed by atoms with Crippen LogP contribution >= 0.6 is 0 Å². The van der Waals surface area contributed by atoms with Gasteiger partial charge in [0.25, 0.3) is 5.91 Å². The summed E-state index contributed by atoms with van der Waals surface area (Å²) in [5, 5.41) is 3.04. The predicted molar refractivity (Wildman–Crippen MR) is 136 cm³/mol. The molecule has 6 nitrogen and oxygen atoms in total. The van der Waals surface area contributed by atoms with Crippen LogP contribution in [0.5, 0.6) is 11.5 Å². The lowest BCUT2D eigenvalue weighted by atomic mass is 10.1. The van der Waals surface area contributed by atoms with Crippen molar-refractivity contribution in [3.63, 3.8) is 0 Å². The Kier molecular flexibility index (Phi) is 8.04. The number of anilines is 1. The number of carbonyl (C=O) groups excluding carboxylic acids is 1. The van der Waals surface area contributed by atoms with Gasteiger partial charge in [0.15, 0.2) is 0 Å². The van der Waals surface area contributed by atoms with Gasteiger partial charge in [-0.3, -0.25) is 9.69 Å². The van der Waals surface area contributed by atoms with E-state index in [9.17, 15) is 4.79 Å². The smallest absolute Gasteiger partial charge is 0.251 e. The SMILES string of the molecule is COc1cccc(N2CCN(Cc3cccc(C(=O)NCCc4ccccc4OC)c3)CC2)c1. The fourth-order valence-corrected chi connectivity index (χ4v) is 4.36. The predicted octanol–water partition coefficient (Wildman–Crippen LogP) is 4.00. The first-order valence-corrected chi connectivity index (χ1v) is 11.8. The average Bonchev–Trinajstić information content (AvgIpc) is 2.89. The Balaban J connectivity index is 1.27. The maximum absolute atomic E-state index is 12.7. The molecule has 3 aromatic carbocycles. The molecule has 0 aromatic heterocycles. The lowest BCUT2D eigenvalue weighted by molar-refractivity contribution is 0.0954. The van der Waals surface area contributed by atoms with Crippen LogP contribution in [-0.4, -0.2) is 57.8 Å². The molecule has 0 bridgehead atoms. The molecule has 3 aromatic rings. The fourth-order valence-electron chi connectivity index (χ4n) is 4.36. The molecule has 1 fully saturated rings. The average molecular weight is 460 g/mol. The van der Waals surface area contributed by atoms with Crippen LogP contribution < -0.4 is 19.7 Å². The van der Waals surface area contributed by atoms with Crippen molar-refractivity contribution >= 4 is 11.6 Å². The van der Waals surface area contributed by atoms with Gasteiger partial charge in [-0.1, -0.05) is 36.4 Å². The zero-order chi connectivity index (χ0) is 23.8. The molecule has 4 rings (SSSR count). The monoisotopic (exact) mass is 459 g/mol. The van der Waals surface area contributed by atoms with Crippen LogP contribution in [0.3, 0.4) is 0 Å². The first-order valence-electron chi connectivity index (χ1n) is 11.8. The van der Waals surface area contributed by atoms with Gasteiger partial charge in [-0.2, -0.15) is 0 Å². The molecule has 0 unspecified atom stereocenters. The van der Waals surface area contributed by atoms with Crippen LogP contribution in [0.2, 0.25) is 0 Å². The van der Waals surface area contributed by atoms with Crippen molar-refractivity contribution in [2.75, 3.05) is 51.8 Å². The largest absolute Gasteiger partial charge is 0.497 e. The maximum Gasteiger partial charge on any atom is 0.251 e. The molecule has 0 atom stereocenters. The van der Waals surface area contributed by atoms with Gasteiger partial charge in [0.1, 0.15) is 11.5 Å². The molecular weight excluding hydrogens is 426 g/mol. The summed E-state index contributed by atoms with van der Waals surface area (Å²) >= 11 is 0. The zero-order valence-corrected chi connectivity index (χ0v) is 20.0. The fraction of sp³-hybridized carbons (Fsp3) is 0.321. The maximum atomic E-state index is 12.7. The molecule has 1 aliphatic heterocycles. The van der Waals surface area contributed by atoms with Crippen molar-refractivity contribution < 1.29 is 14.3 Å². The molecule has 34 heavy (non-hydrogen) atoms. The van der Waals surface area contributed by atoms with E-state index in [4.69, 9.17) is 9.47 Å². The van der Waals surface area contributed by atoms with E-state index in [0.29, 0.717) is 12.1 Å². The minimum atomic E-state index is -0.0420. The number of nitrogens with zero attached hydrogens (tertiary/aromatic N) is 2. The molecule has 1 heterocycles. The topological polar surface area (TPSA) is 54.0 Å². The first-order chi connectivity index (χ1) is 16.7.